The third kappa shape index (κ3) is 1.76. The molecule has 0 atom stereocenters. The standard InChI is InChI=1S/C15H19NO/c1-11(17)13-7-4-8-15-14(13)9-10-16(15)12-5-2-3-6-12/h4,7-8,12H,2-3,5-6,9-10H2,1H3. The van der Waals surface area contributed by atoms with Crippen molar-refractivity contribution >= 4 is 11.5 Å². The van der Waals surface area contributed by atoms with Crippen molar-refractivity contribution in [1.29, 1.82) is 0 Å². The Balaban J connectivity index is 1.97. The molecule has 2 nitrogen and oxygen atoms in total. The molecule has 1 saturated carbocycles. The van der Waals surface area contributed by atoms with Crippen LogP contribution in [0.1, 0.15) is 48.5 Å². The molecule has 1 aromatic rings. The molecule has 1 aliphatic carbocycles. The van der Waals surface area contributed by atoms with Crippen LogP contribution in [0.5, 0.6) is 0 Å². The first kappa shape index (κ1) is 10.8. The summed E-state index contributed by atoms with van der Waals surface area (Å²) in [7, 11) is 0. The Morgan fingerprint density at radius 3 is 2.76 bits per heavy atom. The van der Waals surface area contributed by atoms with Crippen molar-refractivity contribution < 1.29 is 4.79 Å². The molecule has 90 valence electrons. The van der Waals surface area contributed by atoms with Gasteiger partial charge in [0, 0.05) is 23.8 Å². The first-order valence-corrected chi connectivity index (χ1v) is 6.67. The molecule has 0 radical (unpaired) electrons. The number of benzene rings is 1. The molecule has 1 fully saturated rings. The molecule has 0 bridgehead atoms. The third-order valence-corrected chi connectivity index (χ3v) is 4.21. The van der Waals surface area contributed by atoms with Crippen LogP contribution in [-0.2, 0) is 6.42 Å². The Kier molecular flexibility index (Phi) is 2.65. The van der Waals surface area contributed by atoms with Gasteiger partial charge in [-0.25, -0.2) is 0 Å². The van der Waals surface area contributed by atoms with E-state index in [2.05, 4.69) is 11.0 Å². The lowest BCUT2D eigenvalue weighted by Crippen LogP contribution is -2.31. The van der Waals surface area contributed by atoms with E-state index in [1.54, 1.807) is 6.92 Å². The molecule has 0 amide bonds. The fourth-order valence-corrected chi connectivity index (χ4v) is 3.38. The summed E-state index contributed by atoms with van der Waals surface area (Å²) in [4.78, 5) is 14.2. The van der Waals surface area contributed by atoms with Crippen LogP contribution in [-0.4, -0.2) is 18.4 Å². The number of carbonyl (C=O) groups excluding carboxylic acids is 1. The average molecular weight is 229 g/mol. The molecule has 1 heterocycles. The molecule has 1 aromatic carbocycles. The zero-order valence-corrected chi connectivity index (χ0v) is 10.4. The van der Waals surface area contributed by atoms with Crippen LogP contribution in [0.3, 0.4) is 0 Å². The van der Waals surface area contributed by atoms with Crippen molar-refractivity contribution in [2.75, 3.05) is 11.4 Å². The molecule has 2 aliphatic rings. The Morgan fingerprint density at radius 1 is 1.29 bits per heavy atom. The van der Waals surface area contributed by atoms with Gasteiger partial charge in [0.15, 0.2) is 5.78 Å². The van der Waals surface area contributed by atoms with Crippen LogP contribution < -0.4 is 4.90 Å². The highest BCUT2D eigenvalue weighted by molar-refractivity contribution is 5.97. The highest BCUT2D eigenvalue weighted by atomic mass is 16.1. The number of hydrogen-bond donors (Lipinski definition) is 0. The summed E-state index contributed by atoms with van der Waals surface area (Å²) in [6, 6.07) is 6.91. The van der Waals surface area contributed by atoms with E-state index in [1.165, 1.54) is 36.9 Å². The maximum Gasteiger partial charge on any atom is 0.160 e. The number of carbonyl (C=O) groups is 1. The summed E-state index contributed by atoms with van der Waals surface area (Å²) in [6.45, 7) is 2.78. The third-order valence-electron chi connectivity index (χ3n) is 4.21. The Morgan fingerprint density at radius 2 is 2.06 bits per heavy atom. The van der Waals surface area contributed by atoms with Crippen molar-refractivity contribution in [2.24, 2.45) is 0 Å². The molecular weight excluding hydrogens is 210 g/mol. The van der Waals surface area contributed by atoms with E-state index in [0.29, 0.717) is 0 Å². The average Bonchev–Trinajstić information content (AvgIpc) is 2.96. The highest BCUT2D eigenvalue weighted by Crippen LogP contribution is 2.36. The summed E-state index contributed by atoms with van der Waals surface area (Å²) in [5.74, 6) is 0.204. The minimum atomic E-state index is 0.204. The van der Waals surface area contributed by atoms with Crippen molar-refractivity contribution in [1.82, 2.24) is 0 Å². The van der Waals surface area contributed by atoms with Crippen molar-refractivity contribution in [2.45, 2.75) is 45.1 Å². The van der Waals surface area contributed by atoms with Crippen molar-refractivity contribution in [3.63, 3.8) is 0 Å². The highest BCUT2D eigenvalue weighted by Gasteiger charge is 2.29. The van der Waals surface area contributed by atoms with Crippen LogP contribution in [0, 0.1) is 0 Å². The van der Waals surface area contributed by atoms with Crippen molar-refractivity contribution in [3.05, 3.63) is 29.3 Å². The predicted molar refractivity (Wildman–Crippen MR) is 69.8 cm³/mol. The largest absolute Gasteiger partial charge is 0.368 e. The van der Waals surface area contributed by atoms with E-state index in [4.69, 9.17) is 0 Å². The minimum Gasteiger partial charge on any atom is -0.368 e. The number of nitrogens with zero attached hydrogens (tertiary/aromatic N) is 1. The monoisotopic (exact) mass is 229 g/mol. The number of ketones is 1. The zero-order chi connectivity index (χ0) is 11.8. The van der Waals surface area contributed by atoms with E-state index in [-0.39, 0.29) is 5.78 Å². The molecular formula is C15H19NO. The second kappa shape index (κ2) is 4.17. The summed E-state index contributed by atoms with van der Waals surface area (Å²) in [6.07, 6.45) is 6.42. The van der Waals surface area contributed by atoms with Crippen LogP contribution in [0.15, 0.2) is 18.2 Å². The van der Waals surface area contributed by atoms with E-state index >= 15 is 0 Å². The van der Waals surface area contributed by atoms with E-state index in [1.807, 2.05) is 12.1 Å². The lowest BCUT2D eigenvalue weighted by molar-refractivity contribution is 0.101. The van der Waals surface area contributed by atoms with Crippen LogP contribution >= 0.6 is 0 Å². The Labute approximate surface area is 103 Å². The van der Waals surface area contributed by atoms with E-state index in [0.717, 1.165) is 24.6 Å². The minimum absolute atomic E-state index is 0.204. The molecule has 0 spiro atoms. The van der Waals surface area contributed by atoms with Gasteiger partial charge in [0.25, 0.3) is 0 Å². The Hall–Kier alpha value is -1.31. The van der Waals surface area contributed by atoms with Crippen LogP contribution in [0.25, 0.3) is 0 Å². The molecule has 0 unspecified atom stereocenters. The number of Topliss-reactive ketones (excluding diaryl/α,β-unsaturated/α-hetero) is 1. The summed E-state index contributed by atoms with van der Waals surface area (Å²) >= 11 is 0. The maximum absolute atomic E-state index is 11.6. The number of anilines is 1. The normalized spacial score (nSPS) is 19.7. The van der Waals surface area contributed by atoms with Gasteiger partial charge in [-0.3, -0.25) is 4.79 Å². The molecule has 17 heavy (non-hydrogen) atoms. The number of fused-ring (bicyclic) bond motifs is 1. The second-order valence-electron chi connectivity index (χ2n) is 5.24. The molecule has 2 heteroatoms. The maximum atomic E-state index is 11.6. The quantitative estimate of drug-likeness (QED) is 0.726. The van der Waals surface area contributed by atoms with Gasteiger partial charge in [-0.2, -0.15) is 0 Å². The molecule has 0 aromatic heterocycles. The van der Waals surface area contributed by atoms with Gasteiger partial charge in [0.05, 0.1) is 0 Å². The fraction of sp³-hybridized carbons (Fsp3) is 0.533. The number of hydrogen-bond acceptors (Lipinski definition) is 2. The van der Waals surface area contributed by atoms with E-state index in [9.17, 15) is 4.79 Å². The topological polar surface area (TPSA) is 20.3 Å². The SMILES string of the molecule is CC(=O)c1cccc2c1CCN2C1CCCC1. The van der Waals surface area contributed by atoms with E-state index < -0.39 is 0 Å². The van der Waals surface area contributed by atoms with Gasteiger partial charge in [0.1, 0.15) is 0 Å². The summed E-state index contributed by atoms with van der Waals surface area (Å²) in [5.41, 5.74) is 3.54. The van der Waals surface area contributed by atoms with Gasteiger partial charge in [-0.15, -0.1) is 0 Å². The van der Waals surface area contributed by atoms with Gasteiger partial charge in [-0.1, -0.05) is 25.0 Å². The summed E-state index contributed by atoms with van der Waals surface area (Å²) in [5, 5.41) is 0. The van der Waals surface area contributed by atoms with Crippen LogP contribution in [0.4, 0.5) is 5.69 Å². The predicted octanol–water partition coefficient (Wildman–Crippen LogP) is 3.19. The second-order valence-corrected chi connectivity index (χ2v) is 5.24. The molecule has 3 rings (SSSR count). The van der Waals surface area contributed by atoms with Gasteiger partial charge >= 0.3 is 0 Å². The smallest absolute Gasteiger partial charge is 0.160 e. The van der Waals surface area contributed by atoms with Gasteiger partial charge in [0.2, 0.25) is 0 Å². The van der Waals surface area contributed by atoms with Gasteiger partial charge < -0.3 is 4.90 Å². The van der Waals surface area contributed by atoms with Gasteiger partial charge in [-0.05, 0) is 37.8 Å². The summed E-state index contributed by atoms with van der Waals surface area (Å²) < 4.78 is 0. The van der Waals surface area contributed by atoms with Crippen LogP contribution in [0.2, 0.25) is 0 Å². The first-order valence-electron chi connectivity index (χ1n) is 6.67. The van der Waals surface area contributed by atoms with Crippen molar-refractivity contribution in [3.8, 4) is 0 Å². The number of rotatable bonds is 2. The lowest BCUT2D eigenvalue weighted by Gasteiger charge is -2.26. The fourth-order valence-electron chi connectivity index (χ4n) is 3.38. The first-order chi connectivity index (χ1) is 8.27. The lowest BCUT2D eigenvalue weighted by atomic mass is 10.0. The molecule has 0 saturated heterocycles. The molecule has 0 N–H and O–H groups in total. The Bertz CT molecular complexity index is 446. The molecule has 1 aliphatic heterocycles. The zero-order valence-electron chi connectivity index (χ0n) is 10.4.